The molecule has 0 saturated heterocycles. The van der Waals surface area contributed by atoms with Crippen LogP contribution in [0.3, 0.4) is 0 Å². The Hall–Kier alpha value is -0.580. The third kappa shape index (κ3) is 3.98. The summed E-state index contributed by atoms with van der Waals surface area (Å²) in [5.74, 6) is -0.108. The second-order valence-electron chi connectivity index (χ2n) is 4.23. The second-order valence-corrected chi connectivity index (χ2v) is 5.56. The Balaban J connectivity index is 2.81. The lowest BCUT2D eigenvalue weighted by atomic mass is 10.0. The Morgan fingerprint density at radius 1 is 1.47 bits per heavy atom. The Bertz CT molecular complexity index is 421. The summed E-state index contributed by atoms with van der Waals surface area (Å²) in [7, 11) is 0. The van der Waals surface area contributed by atoms with E-state index in [0.29, 0.717) is 10.7 Å². The van der Waals surface area contributed by atoms with Gasteiger partial charge in [-0.1, -0.05) is 34.5 Å². The van der Waals surface area contributed by atoms with Crippen LogP contribution in [0.2, 0.25) is 5.02 Å². The van der Waals surface area contributed by atoms with Crippen molar-refractivity contribution in [3.63, 3.8) is 0 Å². The topological polar surface area (TPSA) is 41.1 Å². The first-order chi connectivity index (χ1) is 7.86. The first-order valence-electron chi connectivity index (χ1n) is 5.38. The lowest BCUT2D eigenvalue weighted by Gasteiger charge is -2.24. The van der Waals surface area contributed by atoms with Crippen LogP contribution >= 0.6 is 27.5 Å². The highest BCUT2D eigenvalue weighted by atomic mass is 79.9. The molecule has 1 aromatic carbocycles. The minimum atomic E-state index is -0.620. The van der Waals surface area contributed by atoms with Crippen LogP contribution in [0.15, 0.2) is 22.7 Å². The summed E-state index contributed by atoms with van der Waals surface area (Å²) in [5.41, 5.74) is -0.00337. The minimum absolute atomic E-state index is 0.108. The van der Waals surface area contributed by atoms with Crippen molar-refractivity contribution in [3.05, 3.63) is 27.7 Å². The zero-order valence-electron chi connectivity index (χ0n) is 10.1. The van der Waals surface area contributed by atoms with Crippen molar-refractivity contribution in [1.29, 1.82) is 0 Å². The van der Waals surface area contributed by atoms with Gasteiger partial charge in [0.05, 0.1) is 16.2 Å². The highest BCUT2D eigenvalue weighted by molar-refractivity contribution is 9.10. The number of hydrogen-bond acceptors (Lipinski definition) is 2. The van der Waals surface area contributed by atoms with Gasteiger partial charge >= 0.3 is 0 Å². The molecule has 0 aliphatic heterocycles. The number of halogens is 2. The predicted octanol–water partition coefficient (Wildman–Crippen LogP) is 3.43. The van der Waals surface area contributed by atoms with E-state index >= 15 is 0 Å². The number of likely N-dealkylation sites (N-methyl/N-ethyl adjacent to an activating group) is 1. The first kappa shape index (κ1) is 14.5. The van der Waals surface area contributed by atoms with Gasteiger partial charge < -0.3 is 10.6 Å². The average molecular weight is 320 g/mol. The van der Waals surface area contributed by atoms with Gasteiger partial charge in [0.2, 0.25) is 5.91 Å². The van der Waals surface area contributed by atoms with Crippen LogP contribution < -0.4 is 10.6 Å². The van der Waals surface area contributed by atoms with Crippen molar-refractivity contribution in [2.24, 2.45) is 0 Å². The molecule has 3 nitrogen and oxygen atoms in total. The monoisotopic (exact) mass is 318 g/mol. The van der Waals surface area contributed by atoms with Crippen molar-refractivity contribution in [3.8, 4) is 0 Å². The van der Waals surface area contributed by atoms with Gasteiger partial charge in [0, 0.05) is 4.47 Å². The summed E-state index contributed by atoms with van der Waals surface area (Å²) in [6.07, 6.45) is 0. The average Bonchev–Trinajstić information content (AvgIpc) is 2.22. The summed E-state index contributed by atoms with van der Waals surface area (Å²) < 4.78 is 0.881. The number of hydrogen-bond donors (Lipinski definition) is 2. The molecule has 2 N–H and O–H groups in total. The fourth-order valence-corrected chi connectivity index (χ4v) is 2.11. The van der Waals surface area contributed by atoms with E-state index in [4.69, 9.17) is 11.6 Å². The van der Waals surface area contributed by atoms with E-state index in [-0.39, 0.29) is 5.91 Å². The van der Waals surface area contributed by atoms with Crippen molar-refractivity contribution >= 4 is 39.1 Å². The van der Waals surface area contributed by atoms with Crippen LogP contribution in [0, 0.1) is 0 Å². The summed E-state index contributed by atoms with van der Waals surface area (Å²) in [6, 6.07) is 5.35. The van der Waals surface area contributed by atoms with Crippen LogP contribution in [0.25, 0.3) is 0 Å². The van der Waals surface area contributed by atoms with E-state index in [0.717, 1.165) is 11.0 Å². The van der Waals surface area contributed by atoms with E-state index in [9.17, 15) is 4.79 Å². The fraction of sp³-hybridized carbons (Fsp3) is 0.417. The SMILES string of the molecule is CCNC(C)(C)C(=O)Nc1ccc(Br)cc1Cl. The highest BCUT2D eigenvalue weighted by Crippen LogP contribution is 2.26. The lowest BCUT2D eigenvalue weighted by molar-refractivity contribution is -0.121. The highest BCUT2D eigenvalue weighted by Gasteiger charge is 2.26. The molecule has 0 heterocycles. The molecule has 0 fully saturated rings. The van der Waals surface area contributed by atoms with Gasteiger partial charge in [-0.2, -0.15) is 0 Å². The van der Waals surface area contributed by atoms with E-state index in [1.807, 2.05) is 26.8 Å². The third-order valence-corrected chi connectivity index (χ3v) is 3.17. The number of nitrogens with one attached hydrogen (secondary N) is 2. The Kier molecular flexibility index (Phi) is 4.98. The maximum absolute atomic E-state index is 12.0. The molecular formula is C12H16BrClN2O. The molecule has 0 unspecified atom stereocenters. The molecular weight excluding hydrogens is 304 g/mol. The molecule has 0 spiro atoms. The van der Waals surface area contributed by atoms with Crippen LogP contribution in [0.5, 0.6) is 0 Å². The van der Waals surface area contributed by atoms with Gasteiger partial charge in [0.15, 0.2) is 0 Å². The fourth-order valence-electron chi connectivity index (χ4n) is 1.39. The van der Waals surface area contributed by atoms with E-state index in [2.05, 4.69) is 26.6 Å². The number of carbonyl (C=O) groups excluding carboxylic acids is 1. The van der Waals surface area contributed by atoms with Crippen LogP contribution in [0.1, 0.15) is 20.8 Å². The Labute approximate surface area is 115 Å². The quantitative estimate of drug-likeness (QED) is 0.892. The molecule has 0 aliphatic rings. The molecule has 0 aliphatic carbocycles. The molecule has 17 heavy (non-hydrogen) atoms. The first-order valence-corrected chi connectivity index (χ1v) is 6.55. The number of carbonyl (C=O) groups is 1. The summed E-state index contributed by atoms with van der Waals surface area (Å²) in [4.78, 5) is 12.0. The van der Waals surface area contributed by atoms with Gasteiger partial charge in [-0.25, -0.2) is 0 Å². The maximum atomic E-state index is 12.0. The van der Waals surface area contributed by atoms with Crippen LogP contribution in [0.4, 0.5) is 5.69 Å². The number of amides is 1. The molecule has 0 bridgehead atoms. The molecule has 5 heteroatoms. The predicted molar refractivity (Wildman–Crippen MR) is 75.5 cm³/mol. The Morgan fingerprint density at radius 3 is 2.65 bits per heavy atom. The largest absolute Gasteiger partial charge is 0.323 e. The molecule has 0 radical (unpaired) electrons. The van der Waals surface area contributed by atoms with Gasteiger partial charge in [-0.05, 0) is 38.6 Å². The number of rotatable bonds is 4. The van der Waals surface area contributed by atoms with Crippen molar-refractivity contribution in [2.75, 3.05) is 11.9 Å². The van der Waals surface area contributed by atoms with Gasteiger partial charge in [-0.3, -0.25) is 4.79 Å². The standard InChI is InChI=1S/C12H16BrClN2O/c1-4-15-12(2,3)11(17)16-10-6-5-8(13)7-9(10)14/h5-7,15H,4H2,1-3H3,(H,16,17). The Morgan fingerprint density at radius 2 is 2.12 bits per heavy atom. The molecule has 1 amide bonds. The van der Waals surface area contributed by atoms with Crippen LogP contribution in [-0.2, 0) is 4.79 Å². The molecule has 0 aromatic heterocycles. The van der Waals surface area contributed by atoms with Crippen LogP contribution in [-0.4, -0.2) is 18.0 Å². The van der Waals surface area contributed by atoms with E-state index in [1.165, 1.54) is 0 Å². The summed E-state index contributed by atoms with van der Waals surface area (Å²) in [5, 5.41) is 6.43. The number of benzene rings is 1. The number of anilines is 1. The van der Waals surface area contributed by atoms with Gasteiger partial charge in [-0.15, -0.1) is 0 Å². The normalized spacial score (nSPS) is 11.4. The third-order valence-electron chi connectivity index (χ3n) is 2.37. The van der Waals surface area contributed by atoms with Crippen molar-refractivity contribution < 1.29 is 4.79 Å². The molecule has 0 saturated carbocycles. The molecule has 1 aromatic rings. The molecule has 1 rings (SSSR count). The zero-order chi connectivity index (χ0) is 13.1. The maximum Gasteiger partial charge on any atom is 0.244 e. The summed E-state index contributed by atoms with van der Waals surface area (Å²) in [6.45, 7) is 6.35. The minimum Gasteiger partial charge on any atom is -0.323 e. The summed E-state index contributed by atoms with van der Waals surface area (Å²) >= 11 is 9.35. The molecule has 0 atom stereocenters. The van der Waals surface area contributed by atoms with Crippen molar-refractivity contribution in [1.82, 2.24) is 5.32 Å². The van der Waals surface area contributed by atoms with E-state index < -0.39 is 5.54 Å². The van der Waals surface area contributed by atoms with Gasteiger partial charge in [0.25, 0.3) is 0 Å². The lowest BCUT2D eigenvalue weighted by Crippen LogP contribution is -2.49. The van der Waals surface area contributed by atoms with Gasteiger partial charge in [0.1, 0.15) is 0 Å². The smallest absolute Gasteiger partial charge is 0.244 e. The second kappa shape index (κ2) is 5.85. The molecule has 94 valence electrons. The van der Waals surface area contributed by atoms with Crippen molar-refractivity contribution in [2.45, 2.75) is 26.3 Å². The zero-order valence-corrected chi connectivity index (χ0v) is 12.4. The van der Waals surface area contributed by atoms with E-state index in [1.54, 1.807) is 12.1 Å².